The molecule has 150 valence electrons. The predicted octanol–water partition coefficient (Wildman–Crippen LogP) is 2.57. The maximum atomic E-state index is 14.8. The third-order valence-corrected chi connectivity index (χ3v) is 5.93. The van der Waals surface area contributed by atoms with Gasteiger partial charge in [0, 0.05) is 30.3 Å². The van der Waals surface area contributed by atoms with Gasteiger partial charge in [-0.25, -0.2) is 9.37 Å². The number of anilines is 1. The summed E-state index contributed by atoms with van der Waals surface area (Å²) >= 11 is 0. The van der Waals surface area contributed by atoms with Crippen LogP contribution in [0.1, 0.15) is 19.3 Å². The fraction of sp³-hybridized carbons (Fsp3) is 0.400. The highest BCUT2D eigenvalue weighted by Gasteiger charge is 2.43. The number of hydrogen-bond donors (Lipinski definition) is 2. The first-order chi connectivity index (χ1) is 14.1. The summed E-state index contributed by atoms with van der Waals surface area (Å²) in [5.74, 6) is 0.978. The summed E-state index contributed by atoms with van der Waals surface area (Å²) in [7, 11) is 1.86. The summed E-state index contributed by atoms with van der Waals surface area (Å²) in [4.78, 5) is 10.8. The third-order valence-electron chi connectivity index (χ3n) is 5.93. The average Bonchev–Trinajstić information content (AvgIpc) is 3.41. The molecule has 2 bridgehead atoms. The Balaban J connectivity index is 1.36. The van der Waals surface area contributed by atoms with Crippen molar-refractivity contribution in [1.82, 2.24) is 25.5 Å². The molecule has 2 fully saturated rings. The van der Waals surface area contributed by atoms with Crippen LogP contribution in [0.3, 0.4) is 0 Å². The highest BCUT2D eigenvalue weighted by Crippen LogP contribution is 2.34. The summed E-state index contributed by atoms with van der Waals surface area (Å²) in [5.41, 5.74) is 1.68. The summed E-state index contributed by atoms with van der Waals surface area (Å²) in [6.07, 6.45) is 6.19. The van der Waals surface area contributed by atoms with E-state index in [1.54, 1.807) is 30.6 Å². The molecule has 2 N–H and O–H groups in total. The molecule has 4 heterocycles. The number of phenolic OH excluding ortho intramolecular Hbond substituents is 1. The van der Waals surface area contributed by atoms with E-state index in [0.717, 1.165) is 19.3 Å². The minimum Gasteiger partial charge on any atom is -0.507 e. The van der Waals surface area contributed by atoms with Crippen molar-refractivity contribution in [3.05, 3.63) is 37.0 Å². The minimum atomic E-state index is -0.929. The van der Waals surface area contributed by atoms with Crippen LogP contribution in [-0.2, 0) is 0 Å². The van der Waals surface area contributed by atoms with Gasteiger partial charge in [-0.3, -0.25) is 4.98 Å². The number of fused-ring (bicyclic) bond motifs is 2. The van der Waals surface area contributed by atoms with Gasteiger partial charge in [0.25, 0.3) is 0 Å². The van der Waals surface area contributed by atoms with Crippen molar-refractivity contribution in [2.75, 3.05) is 11.9 Å². The van der Waals surface area contributed by atoms with Crippen LogP contribution in [0.25, 0.3) is 22.7 Å². The number of rotatable bonds is 4. The van der Waals surface area contributed by atoms with Crippen molar-refractivity contribution in [2.24, 2.45) is 0 Å². The van der Waals surface area contributed by atoms with Crippen LogP contribution in [0.15, 0.2) is 41.4 Å². The Kier molecular flexibility index (Phi) is 4.39. The maximum absolute atomic E-state index is 14.8. The molecule has 9 heteroatoms. The van der Waals surface area contributed by atoms with Gasteiger partial charge in [-0.2, -0.15) is 0 Å². The van der Waals surface area contributed by atoms with Crippen LogP contribution in [0.5, 0.6) is 5.75 Å². The molecule has 0 spiro atoms. The van der Waals surface area contributed by atoms with Gasteiger partial charge in [0.15, 0.2) is 0 Å². The Morgan fingerprint density at radius 1 is 1.24 bits per heavy atom. The van der Waals surface area contributed by atoms with E-state index in [2.05, 4.69) is 25.5 Å². The largest absolute Gasteiger partial charge is 0.507 e. The first-order valence-corrected chi connectivity index (χ1v) is 9.65. The second kappa shape index (κ2) is 7.07. The predicted molar refractivity (Wildman–Crippen MR) is 104 cm³/mol. The van der Waals surface area contributed by atoms with E-state index in [1.807, 2.05) is 11.9 Å². The molecule has 0 aliphatic carbocycles. The fourth-order valence-electron chi connectivity index (χ4n) is 4.34. The van der Waals surface area contributed by atoms with Gasteiger partial charge in [0.05, 0.1) is 24.1 Å². The van der Waals surface area contributed by atoms with Crippen molar-refractivity contribution < 1.29 is 13.9 Å². The van der Waals surface area contributed by atoms with Crippen molar-refractivity contribution >= 4 is 5.82 Å². The lowest BCUT2D eigenvalue weighted by atomic mass is 9.96. The lowest BCUT2D eigenvalue weighted by Gasteiger charge is -2.38. The Morgan fingerprint density at radius 3 is 2.86 bits per heavy atom. The molecule has 2 aliphatic heterocycles. The molecule has 8 nitrogen and oxygen atoms in total. The van der Waals surface area contributed by atoms with Gasteiger partial charge in [-0.1, -0.05) is 0 Å². The molecular formula is C20H21FN6O2. The van der Waals surface area contributed by atoms with E-state index in [0.29, 0.717) is 34.6 Å². The molecule has 2 unspecified atom stereocenters. The highest BCUT2D eigenvalue weighted by molar-refractivity contribution is 5.71. The molecule has 2 saturated heterocycles. The number of alkyl halides is 1. The van der Waals surface area contributed by atoms with E-state index >= 15 is 0 Å². The molecule has 2 aliphatic rings. The molecule has 0 amide bonds. The van der Waals surface area contributed by atoms with Crippen LogP contribution in [-0.4, -0.2) is 56.6 Å². The average molecular weight is 396 g/mol. The SMILES string of the molecule is CN(c1cnc(-c2ccc(-c3nnco3)cc2O)cn1)[C@H]1CC2CCC(N2)[C@H]1F. The number of halogens is 1. The van der Waals surface area contributed by atoms with E-state index in [-0.39, 0.29) is 17.8 Å². The number of aromatic nitrogens is 4. The topological polar surface area (TPSA) is 100 Å². The number of benzene rings is 1. The van der Waals surface area contributed by atoms with Crippen molar-refractivity contribution in [1.29, 1.82) is 0 Å². The number of nitrogens with one attached hydrogen (secondary N) is 1. The van der Waals surface area contributed by atoms with Crippen LogP contribution in [0, 0.1) is 0 Å². The first-order valence-electron chi connectivity index (χ1n) is 9.65. The van der Waals surface area contributed by atoms with Crippen LogP contribution < -0.4 is 10.2 Å². The highest BCUT2D eigenvalue weighted by atomic mass is 19.1. The quantitative estimate of drug-likeness (QED) is 0.694. The molecule has 4 atom stereocenters. The van der Waals surface area contributed by atoms with Gasteiger partial charge in [-0.05, 0) is 37.5 Å². The standard InChI is InChI=1S/C20H21FN6O2/c1-27(16-7-12-3-5-14(25-12)19(16)21)18-9-22-15(8-23-18)13-4-2-11(6-17(13)28)20-26-24-10-29-20/h2,4,6,8-10,12,14,16,19,25,28H,3,5,7H2,1H3/t12?,14?,16-,19+/m0/s1. The maximum Gasteiger partial charge on any atom is 0.247 e. The van der Waals surface area contributed by atoms with Crippen LogP contribution in [0.4, 0.5) is 10.2 Å². The number of piperidine rings is 1. The van der Waals surface area contributed by atoms with Gasteiger partial charge in [0.1, 0.15) is 17.7 Å². The molecule has 29 heavy (non-hydrogen) atoms. The van der Waals surface area contributed by atoms with Gasteiger partial charge in [0.2, 0.25) is 12.3 Å². The van der Waals surface area contributed by atoms with Gasteiger partial charge in [-0.15, -0.1) is 10.2 Å². The molecule has 0 radical (unpaired) electrons. The Bertz CT molecular complexity index is 997. The second-order valence-electron chi connectivity index (χ2n) is 7.64. The van der Waals surface area contributed by atoms with Crippen molar-refractivity contribution in [3.8, 4) is 28.5 Å². The lowest BCUT2D eigenvalue weighted by molar-refractivity contribution is 0.176. The molecule has 3 aromatic rings. The number of aromatic hydroxyl groups is 1. The molecule has 5 rings (SSSR count). The first kappa shape index (κ1) is 18.0. The molecule has 1 aromatic carbocycles. The number of phenols is 1. The molecule has 2 aromatic heterocycles. The zero-order valence-corrected chi connectivity index (χ0v) is 15.9. The minimum absolute atomic E-state index is 0.0369. The number of hydrogen-bond acceptors (Lipinski definition) is 8. The van der Waals surface area contributed by atoms with E-state index in [9.17, 15) is 9.50 Å². The molecule has 0 saturated carbocycles. The van der Waals surface area contributed by atoms with E-state index in [4.69, 9.17) is 4.42 Å². The van der Waals surface area contributed by atoms with Crippen molar-refractivity contribution in [3.63, 3.8) is 0 Å². The fourth-order valence-corrected chi connectivity index (χ4v) is 4.34. The summed E-state index contributed by atoms with van der Waals surface area (Å²) in [6.45, 7) is 0. The second-order valence-corrected chi connectivity index (χ2v) is 7.64. The van der Waals surface area contributed by atoms with Gasteiger partial charge < -0.3 is 19.7 Å². The Morgan fingerprint density at radius 2 is 2.14 bits per heavy atom. The van der Waals surface area contributed by atoms with Crippen LogP contribution in [0.2, 0.25) is 0 Å². The monoisotopic (exact) mass is 396 g/mol. The van der Waals surface area contributed by atoms with Crippen molar-refractivity contribution in [2.45, 2.75) is 43.6 Å². The Hall–Kier alpha value is -3.07. The zero-order chi connectivity index (χ0) is 20.0. The third kappa shape index (κ3) is 3.21. The summed E-state index contributed by atoms with van der Waals surface area (Å²) in [5, 5.41) is 21.2. The molecular weight excluding hydrogens is 375 g/mol. The van der Waals surface area contributed by atoms with Gasteiger partial charge >= 0.3 is 0 Å². The normalized spacial score (nSPS) is 25.9. The lowest BCUT2D eigenvalue weighted by Crippen LogP contribution is -2.55. The summed E-state index contributed by atoms with van der Waals surface area (Å²) in [6, 6.07) is 5.13. The number of nitrogens with zero attached hydrogens (tertiary/aromatic N) is 5. The Labute approximate surface area is 166 Å². The van der Waals surface area contributed by atoms with Crippen LogP contribution >= 0.6 is 0 Å². The van der Waals surface area contributed by atoms with E-state index < -0.39 is 6.17 Å². The van der Waals surface area contributed by atoms with E-state index in [1.165, 1.54) is 6.39 Å². The summed E-state index contributed by atoms with van der Waals surface area (Å²) < 4.78 is 20.0. The zero-order valence-electron chi connectivity index (χ0n) is 15.9. The smallest absolute Gasteiger partial charge is 0.247 e.